The first-order valence-electron chi connectivity index (χ1n) is 9.82. The highest BCUT2D eigenvalue weighted by atomic mass is 15.1. The highest BCUT2D eigenvalue weighted by molar-refractivity contribution is 5.66. The number of nitrogens with one attached hydrogen (secondary N) is 2. The van der Waals surface area contributed by atoms with Crippen LogP contribution in [0.4, 0.5) is 5.69 Å². The summed E-state index contributed by atoms with van der Waals surface area (Å²) in [6, 6.07) is 14.6. The van der Waals surface area contributed by atoms with Gasteiger partial charge in [0.2, 0.25) is 0 Å². The third kappa shape index (κ3) is 7.26. The Hall–Kier alpha value is -3.40. The third-order valence-corrected chi connectivity index (χ3v) is 4.45. The molecule has 2 aromatic carbocycles. The molecule has 0 amide bonds. The zero-order valence-electron chi connectivity index (χ0n) is 17.8. The zero-order chi connectivity index (χ0) is 21.1. The van der Waals surface area contributed by atoms with Gasteiger partial charge in [-0.15, -0.1) is 0 Å². The van der Waals surface area contributed by atoms with Gasteiger partial charge in [0.15, 0.2) is 0 Å². The van der Waals surface area contributed by atoms with E-state index in [1.54, 1.807) is 0 Å². The summed E-state index contributed by atoms with van der Waals surface area (Å²) in [7, 11) is 1.88. The molecule has 0 fully saturated rings. The van der Waals surface area contributed by atoms with Gasteiger partial charge in [-0.3, -0.25) is 0 Å². The van der Waals surface area contributed by atoms with Crippen molar-refractivity contribution < 1.29 is 0 Å². The van der Waals surface area contributed by atoms with Gasteiger partial charge in [-0.05, 0) is 49.6 Å². The molecule has 4 N–H and O–H groups in total. The first-order valence-corrected chi connectivity index (χ1v) is 9.82. The normalized spacial score (nSPS) is 12.2. The van der Waals surface area contributed by atoms with E-state index in [0.29, 0.717) is 0 Å². The molecule has 0 heterocycles. The van der Waals surface area contributed by atoms with Crippen LogP contribution in [0.15, 0.2) is 85.1 Å². The number of anilines is 1. The lowest BCUT2D eigenvalue weighted by Crippen LogP contribution is -2.12. The second-order valence-electron chi connectivity index (χ2n) is 6.87. The number of allylic oxidation sites excluding steroid dienone is 2. The Bertz CT molecular complexity index is 890. The highest BCUT2D eigenvalue weighted by Crippen LogP contribution is 2.17. The molecular formula is C25H32N4. The molecule has 4 nitrogen and oxygen atoms in total. The van der Waals surface area contributed by atoms with E-state index in [2.05, 4.69) is 60.0 Å². The van der Waals surface area contributed by atoms with Gasteiger partial charge in [0.1, 0.15) is 0 Å². The number of benzene rings is 2. The summed E-state index contributed by atoms with van der Waals surface area (Å²) in [6.07, 6.45) is 14.0. The Morgan fingerprint density at radius 2 is 1.69 bits per heavy atom. The monoisotopic (exact) mass is 388 g/mol. The van der Waals surface area contributed by atoms with E-state index in [0.717, 1.165) is 29.1 Å². The van der Waals surface area contributed by atoms with Crippen molar-refractivity contribution in [3.63, 3.8) is 0 Å². The molecule has 0 spiro atoms. The lowest BCUT2D eigenvalue weighted by Gasteiger charge is -2.17. The summed E-state index contributed by atoms with van der Waals surface area (Å²) >= 11 is 0. The molecule has 0 saturated carbocycles. The van der Waals surface area contributed by atoms with Crippen LogP contribution in [0.2, 0.25) is 0 Å². The lowest BCUT2D eigenvalue weighted by atomic mass is 10.1. The van der Waals surface area contributed by atoms with E-state index in [1.807, 2.05) is 68.8 Å². The molecule has 0 atom stereocenters. The minimum Gasteiger partial charge on any atom is -0.398 e. The molecule has 2 rings (SSSR count). The van der Waals surface area contributed by atoms with Gasteiger partial charge >= 0.3 is 0 Å². The Labute approximate surface area is 175 Å². The van der Waals surface area contributed by atoms with Gasteiger partial charge < -0.3 is 21.3 Å². The zero-order valence-corrected chi connectivity index (χ0v) is 17.8. The van der Waals surface area contributed by atoms with Gasteiger partial charge in [-0.2, -0.15) is 0 Å². The molecular weight excluding hydrogens is 356 g/mol. The topological polar surface area (TPSA) is 53.3 Å². The predicted molar refractivity (Wildman–Crippen MR) is 126 cm³/mol. The van der Waals surface area contributed by atoms with Gasteiger partial charge in [0.05, 0.1) is 0 Å². The standard InChI is InChI=1S/C25H32N4/c1-5-24(13-12-23-11-8-21(3)18-25(23)26)29(16-14-27-4)17-15-28-19-22-9-6-20(2)7-10-22/h5-18,27-28H,19,26H2,1-4H3/b13-12+,16-14+,17-15+,24-5+. The maximum absolute atomic E-state index is 6.14. The molecule has 0 aliphatic rings. The van der Waals surface area contributed by atoms with E-state index in [1.165, 1.54) is 11.1 Å². The molecule has 152 valence electrons. The van der Waals surface area contributed by atoms with Crippen LogP contribution < -0.4 is 16.4 Å². The summed E-state index contributed by atoms with van der Waals surface area (Å²) in [5.74, 6) is 0. The van der Waals surface area contributed by atoms with Gasteiger partial charge in [0.25, 0.3) is 0 Å². The van der Waals surface area contributed by atoms with Crippen LogP contribution in [0.3, 0.4) is 0 Å². The molecule has 0 saturated heterocycles. The summed E-state index contributed by atoms with van der Waals surface area (Å²) < 4.78 is 0. The second-order valence-corrected chi connectivity index (χ2v) is 6.87. The maximum atomic E-state index is 6.14. The lowest BCUT2D eigenvalue weighted by molar-refractivity contribution is 0.636. The SMILES string of the molecule is C/C=C(\C=C\c1ccc(C)cc1N)N(/C=C/NC)/C=C/NCc1ccc(C)cc1. The van der Waals surface area contributed by atoms with E-state index < -0.39 is 0 Å². The van der Waals surface area contributed by atoms with Crippen molar-refractivity contribution in [2.24, 2.45) is 0 Å². The van der Waals surface area contributed by atoms with Crippen LogP contribution in [0, 0.1) is 13.8 Å². The molecule has 0 unspecified atom stereocenters. The molecule has 0 radical (unpaired) electrons. The van der Waals surface area contributed by atoms with Crippen LogP contribution in [-0.2, 0) is 6.54 Å². The van der Waals surface area contributed by atoms with Crippen molar-refractivity contribution >= 4 is 11.8 Å². The quantitative estimate of drug-likeness (QED) is 0.415. The van der Waals surface area contributed by atoms with E-state index in [4.69, 9.17) is 5.73 Å². The summed E-state index contributed by atoms with van der Waals surface area (Å²) in [4.78, 5) is 2.04. The molecule has 2 aromatic rings. The second kappa shape index (κ2) is 11.4. The van der Waals surface area contributed by atoms with Crippen LogP contribution in [0.1, 0.15) is 29.2 Å². The fraction of sp³-hybridized carbons (Fsp3) is 0.200. The van der Waals surface area contributed by atoms with Gasteiger partial charge in [-0.25, -0.2) is 0 Å². The third-order valence-electron chi connectivity index (χ3n) is 4.45. The first-order chi connectivity index (χ1) is 14.0. The highest BCUT2D eigenvalue weighted by Gasteiger charge is 2.01. The Kier molecular flexibility index (Phi) is 8.64. The number of nitrogens with zero attached hydrogens (tertiary/aromatic N) is 1. The Balaban J connectivity index is 2.08. The van der Waals surface area contributed by atoms with Crippen molar-refractivity contribution in [2.75, 3.05) is 12.8 Å². The molecule has 0 bridgehead atoms. The molecule has 0 aliphatic carbocycles. The Morgan fingerprint density at radius 1 is 1.00 bits per heavy atom. The summed E-state index contributed by atoms with van der Waals surface area (Å²) in [5, 5.41) is 6.39. The average Bonchev–Trinajstić information content (AvgIpc) is 2.71. The smallest absolute Gasteiger partial charge is 0.0408 e. The maximum Gasteiger partial charge on any atom is 0.0408 e. The predicted octanol–water partition coefficient (Wildman–Crippen LogP) is 5.06. The van der Waals surface area contributed by atoms with Crippen molar-refractivity contribution in [2.45, 2.75) is 27.3 Å². The minimum atomic E-state index is 0.779. The van der Waals surface area contributed by atoms with E-state index >= 15 is 0 Å². The van der Waals surface area contributed by atoms with Crippen LogP contribution in [-0.4, -0.2) is 11.9 Å². The van der Waals surface area contributed by atoms with Gasteiger partial charge in [0, 0.05) is 49.8 Å². The van der Waals surface area contributed by atoms with E-state index in [-0.39, 0.29) is 0 Å². The van der Waals surface area contributed by atoms with Crippen LogP contribution in [0.25, 0.3) is 6.08 Å². The molecule has 0 aliphatic heterocycles. The number of hydrogen-bond donors (Lipinski definition) is 3. The fourth-order valence-corrected chi connectivity index (χ4v) is 2.74. The van der Waals surface area contributed by atoms with Crippen molar-refractivity contribution in [1.29, 1.82) is 0 Å². The van der Waals surface area contributed by atoms with Gasteiger partial charge in [-0.1, -0.05) is 54.1 Å². The Morgan fingerprint density at radius 3 is 2.34 bits per heavy atom. The number of aryl methyl sites for hydroxylation is 2. The van der Waals surface area contributed by atoms with Crippen molar-refractivity contribution in [1.82, 2.24) is 15.5 Å². The first kappa shape index (κ1) is 21.9. The van der Waals surface area contributed by atoms with E-state index in [9.17, 15) is 0 Å². The van der Waals surface area contributed by atoms with Crippen LogP contribution in [0.5, 0.6) is 0 Å². The average molecular weight is 389 g/mol. The fourth-order valence-electron chi connectivity index (χ4n) is 2.74. The largest absolute Gasteiger partial charge is 0.398 e. The number of rotatable bonds is 9. The minimum absolute atomic E-state index is 0.779. The number of nitrogen functional groups attached to an aromatic ring is 1. The van der Waals surface area contributed by atoms with Crippen molar-refractivity contribution in [3.05, 3.63) is 107 Å². The van der Waals surface area contributed by atoms with Crippen LogP contribution >= 0.6 is 0 Å². The number of hydrogen-bond acceptors (Lipinski definition) is 4. The summed E-state index contributed by atoms with van der Waals surface area (Å²) in [6.45, 7) is 6.94. The van der Waals surface area contributed by atoms with Crippen molar-refractivity contribution in [3.8, 4) is 0 Å². The molecule has 29 heavy (non-hydrogen) atoms. The molecule has 0 aromatic heterocycles. The number of nitrogens with two attached hydrogens (primary N) is 1. The summed E-state index contributed by atoms with van der Waals surface area (Å²) in [5.41, 5.74) is 12.6. The molecule has 4 heteroatoms.